The summed E-state index contributed by atoms with van der Waals surface area (Å²) in [5.41, 5.74) is 0.888. The summed E-state index contributed by atoms with van der Waals surface area (Å²) in [6.45, 7) is 8.50. The normalized spacial score (nSPS) is 11.1. The maximum absolute atomic E-state index is 13.1. The molecule has 0 bridgehead atoms. The lowest BCUT2D eigenvalue weighted by Crippen LogP contribution is -2.38. The SMILES string of the molecule is CCN(CC(=O)NCC(C)C)Cc1cccc(F)c1. The quantitative estimate of drug-likeness (QED) is 0.822. The van der Waals surface area contributed by atoms with E-state index in [1.54, 1.807) is 6.07 Å². The topological polar surface area (TPSA) is 32.3 Å². The Balaban J connectivity index is 2.47. The van der Waals surface area contributed by atoms with Gasteiger partial charge in [-0.15, -0.1) is 0 Å². The highest BCUT2D eigenvalue weighted by Crippen LogP contribution is 2.07. The summed E-state index contributed by atoms with van der Waals surface area (Å²) < 4.78 is 13.1. The summed E-state index contributed by atoms with van der Waals surface area (Å²) in [5.74, 6) is 0.229. The average molecular weight is 266 g/mol. The second-order valence-corrected chi connectivity index (χ2v) is 5.13. The van der Waals surface area contributed by atoms with Gasteiger partial charge in [-0.25, -0.2) is 4.39 Å². The summed E-state index contributed by atoms with van der Waals surface area (Å²) in [4.78, 5) is 13.7. The Morgan fingerprint density at radius 3 is 2.74 bits per heavy atom. The highest BCUT2D eigenvalue weighted by atomic mass is 19.1. The van der Waals surface area contributed by atoms with E-state index in [2.05, 4.69) is 19.2 Å². The molecule has 1 amide bonds. The third kappa shape index (κ3) is 6.34. The molecule has 1 N–H and O–H groups in total. The van der Waals surface area contributed by atoms with E-state index in [-0.39, 0.29) is 11.7 Å². The lowest BCUT2D eigenvalue weighted by Gasteiger charge is -2.20. The molecule has 1 aromatic rings. The van der Waals surface area contributed by atoms with Crippen LogP contribution >= 0.6 is 0 Å². The predicted octanol–water partition coefficient (Wildman–Crippen LogP) is 2.42. The van der Waals surface area contributed by atoms with E-state index in [0.717, 1.165) is 12.1 Å². The zero-order valence-electron chi connectivity index (χ0n) is 11.9. The van der Waals surface area contributed by atoms with Crippen molar-refractivity contribution in [1.29, 1.82) is 0 Å². The van der Waals surface area contributed by atoms with E-state index < -0.39 is 0 Å². The van der Waals surface area contributed by atoms with Gasteiger partial charge in [-0.2, -0.15) is 0 Å². The van der Waals surface area contributed by atoms with E-state index in [0.29, 0.717) is 25.6 Å². The number of hydrogen-bond donors (Lipinski definition) is 1. The van der Waals surface area contributed by atoms with Gasteiger partial charge in [-0.3, -0.25) is 9.69 Å². The summed E-state index contributed by atoms with van der Waals surface area (Å²) in [7, 11) is 0. The third-order valence-corrected chi connectivity index (χ3v) is 2.82. The van der Waals surface area contributed by atoms with Gasteiger partial charge in [-0.1, -0.05) is 32.9 Å². The van der Waals surface area contributed by atoms with Gasteiger partial charge in [0.25, 0.3) is 0 Å². The molecular formula is C15H23FN2O. The number of amides is 1. The van der Waals surface area contributed by atoms with E-state index in [1.807, 2.05) is 17.9 Å². The second-order valence-electron chi connectivity index (χ2n) is 5.13. The van der Waals surface area contributed by atoms with Crippen molar-refractivity contribution in [2.45, 2.75) is 27.3 Å². The van der Waals surface area contributed by atoms with Crippen molar-refractivity contribution < 1.29 is 9.18 Å². The number of halogens is 1. The molecule has 3 nitrogen and oxygen atoms in total. The van der Waals surface area contributed by atoms with Gasteiger partial charge in [-0.05, 0) is 30.2 Å². The van der Waals surface area contributed by atoms with Crippen LogP contribution in [0, 0.1) is 11.7 Å². The molecule has 0 unspecified atom stereocenters. The molecule has 1 aromatic carbocycles. The maximum Gasteiger partial charge on any atom is 0.234 e. The van der Waals surface area contributed by atoms with Crippen LogP contribution in [0.2, 0.25) is 0 Å². The molecule has 0 aliphatic heterocycles. The van der Waals surface area contributed by atoms with Crippen LogP contribution in [0.4, 0.5) is 4.39 Å². The molecule has 0 aromatic heterocycles. The van der Waals surface area contributed by atoms with Crippen LogP contribution < -0.4 is 5.32 Å². The van der Waals surface area contributed by atoms with E-state index in [1.165, 1.54) is 12.1 Å². The van der Waals surface area contributed by atoms with Crippen molar-refractivity contribution in [3.05, 3.63) is 35.6 Å². The summed E-state index contributed by atoms with van der Waals surface area (Å²) in [6.07, 6.45) is 0. The van der Waals surface area contributed by atoms with Gasteiger partial charge in [0.05, 0.1) is 6.54 Å². The number of carbonyl (C=O) groups excluding carboxylic acids is 1. The van der Waals surface area contributed by atoms with Crippen LogP contribution in [0.25, 0.3) is 0 Å². The molecule has 0 radical (unpaired) electrons. The average Bonchev–Trinajstić information content (AvgIpc) is 2.35. The number of benzene rings is 1. The standard InChI is InChI=1S/C15H23FN2O/c1-4-18(11-15(19)17-9-12(2)3)10-13-6-5-7-14(16)8-13/h5-8,12H,4,9-11H2,1-3H3,(H,17,19). The minimum absolute atomic E-state index is 0.0203. The second kappa shape index (κ2) is 7.89. The zero-order chi connectivity index (χ0) is 14.3. The monoisotopic (exact) mass is 266 g/mol. The molecule has 1 rings (SSSR count). The summed E-state index contributed by atoms with van der Waals surface area (Å²) in [5, 5.41) is 2.89. The molecule has 0 aliphatic rings. The lowest BCUT2D eigenvalue weighted by atomic mass is 10.2. The van der Waals surface area contributed by atoms with Gasteiger partial charge in [0.2, 0.25) is 5.91 Å². The first-order valence-corrected chi connectivity index (χ1v) is 6.74. The fourth-order valence-electron chi connectivity index (χ4n) is 1.75. The number of nitrogens with zero attached hydrogens (tertiary/aromatic N) is 1. The molecule has 0 fully saturated rings. The number of rotatable bonds is 7. The van der Waals surface area contributed by atoms with Crippen LogP contribution in [0.15, 0.2) is 24.3 Å². The van der Waals surface area contributed by atoms with Crippen LogP contribution in [0.3, 0.4) is 0 Å². The number of hydrogen-bond acceptors (Lipinski definition) is 2. The van der Waals surface area contributed by atoms with Crippen molar-refractivity contribution in [3.8, 4) is 0 Å². The Hall–Kier alpha value is -1.42. The smallest absolute Gasteiger partial charge is 0.234 e. The van der Waals surface area contributed by atoms with Gasteiger partial charge in [0.15, 0.2) is 0 Å². The van der Waals surface area contributed by atoms with Crippen molar-refractivity contribution >= 4 is 5.91 Å². The Labute approximate surface area is 114 Å². The maximum atomic E-state index is 13.1. The molecule has 0 spiro atoms. The predicted molar refractivity (Wildman–Crippen MR) is 75.2 cm³/mol. The Bertz CT molecular complexity index is 407. The Morgan fingerprint density at radius 1 is 1.42 bits per heavy atom. The molecule has 19 heavy (non-hydrogen) atoms. The lowest BCUT2D eigenvalue weighted by molar-refractivity contribution is -0.122. The Morgan fingerprint density at radius 2 is 2.16 bits per heavy atom. The zero-order valence-corrected chi connectivity index (χ0v) is 11.9. The number of likely N-dealkylation sites (N-methyl/N-ethyl adjacent to an activating group) is 1. The van der Waals surface area contributed by atoms with Crippen molar-refractivity contribution in [1.82, 2.24) is 10.2 Å². The first-order chi connectivity index (χ1) is 9.01. The fraction of sp³-hybridized carbons (Fsp3) is 0.533. The van der Waals surface area contributed by atoms with Crippen LogP contribution in [0.1, 0.15) is 26.3 Å². The highest BCUT2D eigenvalue weighted by Gasteiger charge is 2.10. The molecule has 0 heterocycles. The van der Waals surface area contributed by atoms with E-state index in [4.69, 9.17) is 0 Å². The molecule has 4 heteroatoms. The number of nitrogens with one attached hydrogen (secondary N) is 1. The molecule has 106 valence electrons. The van der Waals surface area contributed by atoms with Crippen molar-refractivity contribution in [3.63, 3.8) is 0 Å². The van der Waals surface area contributed by atoms with Gasteiger partial charge in [0, 0.05) is 13.1 Å². The van der Waals surface area contributed by atoms with Gasteiger partial charge < -0.3 is 5.32 Å². The molecule has 0 atom stereocenters. The number of carbonyl (C=O) groups is 1. The van der Waals surface area contributed by atoms with Crippen LogP contribution in [-0.4, -0.2) is 30.4 Å². The molecule has 0 saturated heterocycles. The minimum atomic E-state index is -0.238. The molecule has 0 saturated carbocycles. The van der Waals surface area contributed by atoms with Crippen molar-refractivity contribution in [2.75, 3.05) is 19.6 Å². The summed E-state index contributed by atoms with van der Waals surface area (Å²) in [6, 6.07) is 6.50. The van der Waals surface area contributed by atoms with Crippen LogP contribution in [-0.2, 0) is 11.3 Å². The Kier molecular flexibility index (Phi) is 6.50. The summed E-state index contributed by atoms with van der Waals surface area (Å²) >= 11 is 0. The first-order valence-electron chi connectivity index (χ1n) is 6.74. The van der Waals surface area contributed by atoms with Crippen molar-refractivity contribution in [2.24, 2.45) is 5.92 Å². The van der Waals surface area contributed by atoms with E-state index in [9.17, 15) is 9.18 Å². The molecular weight excluding hydrogens is 243 g/mol. The fourth-order valence-corrected chi connectivity index (χ4v) is 1.75. The van der Waals surface area contributed by atoms with Gasteiger partial charge in [0.1, 0.15) is 5.82 Å². The first kappa shape index (κ1) is 15.6. The highest BCUT2D eigenvalue weighted by molar-refractivity contribution is 5.77. The van der Waals surface area contributed by atoms with Gasteiger partial charge >= 0.3 is 0 Å². The molecule has 0 aliphatic carbocycles. The van der Waals surface area contributed by atoms with Crippen LogP contribution in [0.5, 0.6) is 0 Å². The largest absolute Gasteiger partial charge is 0.355 e. The minimum Gasteiger partial charge on any atom is -0.355 e. The third-order valence-electron chi connectivity index (χ3n) is 2.82. The van der Waals surface area contributed by atoms with E-state index >= 15 is 0 Å².